The molecule has 0 spiro atoms. The summed E-state index contributed by atoms with van der Waals surface area (Å²) >= 11 is 11.4. The van der Waals surface area contributed by atoms with E-state index < -0.39 is 16.6 Å². The van der Waals surface area contributed by atoms with E-state index in [4.69, 9.17) is 23.2 Å². The minimum absolute atomic E-state index is 0.119. The minimum atomic E-state index is -1.58. The van der Waals surface area contributed by atoms with Crippen LogP contribution in [0.25, 0.3) is 0 Å². The Morgan fingerprint density at radius 1 is 1.15 bits per heavy atom. The van der Waals surface area contributed by atoms with Crippen molar-refractivity contribution in [2.45, 2.75) is 4.90 Å². The zero-order chi connectivity index (χ0) is 14.7. The van der Waals surface area contributed by atoms with Crippen LogP contribution in [0.5, 0.6) is 0 Å². The molecule has 2 aromatic rings. The number of halogens is 3. The van der Waals surface area contributed by atoms with Crippen LogP contribution in [-0.4, -0.2) is 15.7 Å². The average molecular weight is 331 g/mol. The van der Waals surface area contributed by atoms with Gasteiger partial charge in [-0.15, -0.1) is 0 Å². The monoisotopic (exact) mass is 330 g/mol. The third kappa shape index (κ3) is 3.66. The van der Waals surface area contributed by atoms with E-state index in [0.29, 0.717) is 15.5 Å². The Hall–Kier alpha value is -1.23. The van der Waals surface area contributed by atoms with E-state index in [1.54, 1.807) is 18.2 Å². The summed E-state index contributed by atoms with van der Waals surface area (Å²) in [5.41, 5.74) is 0.388. The predicted molar refractivity (Wildman–Crippen MR) is 78.5 cm³/mol. The molecule has 1 unspecified atom stereocenters. The van der Waals surface area contributed by atoms with Gasteiger partial charge >= 0.3 is 0 Å². The van der Waals surface area contributed by atoms with E-state index in [9.17, 15) is 13.4 Å². The van der Waals surface area contributed by atoms with Gasteiger partial charge in [0.1, 0.15) is 5.82 Å². The maximum atomic E-state index is 13.0. The standard InChI is InChI=1S/C14H9Cl2FO2S/c15-10-3-1-2-9(6-10)14(18)8-20(19)11-4-5-13(17)12(16)7-11/h1-7H,8H2. The van der Waals surface area contributed by atoms with Crippen molar-refractivity contribution in [2.75, 3.05) is 5.75 Å². The fourth-order valence-corrected chi connectivity index (χ4v) is 3.04. The number of benzene rings is 2. The van der Waals surface area contributed by atoms with Crippen LogP contribution < -0.4 is 0 Å². The van der Waals surface area contributed by atoms with Crippen LogP contribution in [-0.2, 0) is 10.8 Å². The summed E-state index contributed by atoms with van der Waals surface area (Å²) in [6.45, 7) is 0. The Kier molecular flexibility index (Phi) is 4.91. The lowest BCUT2D eigenvalue weighted by atomic mass is 10.1. The molecule has 0 heterocycles. The summed E-state index contributed by atoms with van der Waals surface area (Å²) in [6, 6.07) is 10.1. The van der Waals surface area contributed by atoms with Crippen molar-refractivity contribution in [3.05, 3.63) is 63.9 Å². The second kappa shape index (κ2) is 6.48. The van der Waals surface area contributed by atoms with E-state index in [2.05, 4.69) is 0 Å². The molecule has 2 rings (SSSR count). The van der Waals surface area contributed by atoms with Crippen LogP contribution in [0.1, 0.15) is 10.4 Å². The molecule has 0 radical (unpaired) electrons. The van der Waals surface area contributed by atoms with Crippen molar-refractivity contribution in [2.24, 2.45) is 0 Å². The van der Waals surface area contributed by atoms with E-state index in [-0.39, 0.29) is 16.6 Å². The van der Waals surface area contributed by atoms with Gasteiger partial charge in [0.05, 0.1) is 21.6 Å². The van der Waals surface area contributed by atoms with Gasteiger partial charge < -0.3 is 0 Å². The van der Waals surface area contributed by atoms with Crippen LogP contribution in [0.15, 0.2) is 47.4 Å². The minimum Gasteiger partial charge on any atom is -0.293 e. The van der Waals surface area contributed by atoms with Crippen molar-refractivity contribution in [1.82, 2.24) is 0 Å². The number of ketones is 1. The number of hydrogen-bond donors (Lipinski definition) is 0. The molecule has 0 aliphatic rings. The lowest BCUT2D eigenvalue weighted by Crippen LogP contribution is -2.11. The predicted octanol–water partition coefficient (Wildman–Crippen LogP) is 4.12. The van der Waals surface area contributed by atoms with Gasteiger partial charge in [-0.3, -0.25) is 9.00 Å². The second-order valence-electron chi connectivity index (χ2n) is 4.00. The number of rotatable bonds is 4. The topological polar surface area (TPSA) is 34.1 Å². The molecule has 0 aliphatic heterocycles. The summed E-state index contributed by atoms with van der Waals surface area (Å²) in [6.07, 6.45) is 0. The molecule has 6 heteroatoms. The first-order chi connectivity index (χ1) is 9.47. The van der Waals surface area contributed by atoms with Crippen LogP contribution in [0.2, 0.25) is 10.0 Å². The molecule has 0 saturated heterocycles. The smallest absolute Gasteiger partial charge is 0.175 e. The SMILES string of the molecule is O=C(CS(=O)c1ccc(F)c(Cl)c1)c1cccc(Cl)c1. The van der Waals surface area contributed by atoms with E-state index >= 15 is 0 Å². The first-order valence-electron chi connectivity index (χ1n) is 5.59. The van der Waals surface area contributed by atoms with Gasteiger partial charge in [0.15, 0.2) is 5.78 Å². The molecule has 0 fully saturated rings. The number of hydrogen-bond acceptors (Lipinski definition) is 2. The summed E-state index contributed by atoms with van der Waals surface area (Å²) in [7, 11) is -1.58. The Morgan fingerprint density at radius 2 is 1.90 bits per heavy atom. The van der Waals surface area contributed by atoms with Gasteiger partial charge in [-0.2, -0.15) is 0 Å². The highest BCUT2D eigenvalue weighted by Gasteiger charge is 2.14. The lowest BCUT2D eigenvalue weighted by molar-refractivity contribution is 0.102. The van der Waals surface area contributed by atoms with Crippen LogP contribution in [0, 0.1) is 5.82 Å². The molecule has 0 amide bonds. The van der Waals surface area contributed by atoms with Crippen molar-refractivity contribution in [3.63, 3.8) is 0 Å². The molecule has 0 N–H and O–H groups in total. The quantitative estimate of drug-likeness (QED) is 0.790. The molecule has 0 bridgehead atoms. The normalized spacial score (nSPS) is 12.2. The Labute approximate surface area is 128 Å². The van der Waals surface area contributed by atoms with Crippen molar-refractivity contribution in [3.8, 4) is 0 Å². The summed E-state index contributed by atoms with van der Waals surface area (Å²) in [5, 5.41) is 0.317. The Balaban J connectivity index is 2.15. The summed E-state index contributed by atoms with van der Waals surface area (Å²) < 4.78 is 25.1. The maximum Gasteiger partial charge on any atom is 0.175 e. The molecule has 0 saturated carbocycles. The zero-order valence-corrected chi connectivity index (χ0v) is 12.4. The van der Waals surface area contributed by atoms with E-state index in [0.717, 1.165) is 6.07 Å². The van der Waals surface area contributed by atoms with Gasteiger partial charge in [-0.1, -0.05) is 35.3 Å². The number of carbonyl (C=O) groups is 1. The van der Waals surface area contributed by atoms with Gasteiger partial charge in [-0.25, -0.2) is 4.39 Å². The molecule has 0 aliphatic carbocycles. The number of Topliss-reactive ketones (excluding diaryl/α,β-unsaturated/α-hetero) is 1. The van der Waals surface area contributed by atoms with E-state index in [1.165, 1.54) is 18.2 Å². The Morgan fingerprint density at radius 3 is 2.55 bits per heavy atom. The van der Waals surface area contributed by atoms with Crippen LogP contribution in [0.4, 0.5) is 4.39 Å². The molecule has 2 nitrogen and oxygen atoms in total. The fraction of sp³-hybridized carbons (Fsp3) is 0.0714. The lowest BCUT2D eigenvalue weighted by Gasteiger charge is -2.04. The Bertz CT molecular complexity index is 689. The van der Waals surface area contributed by atoms with Crippen molar-refractivity contribution < 1.29 is 13.4 Å². The van der Waals surface area contributed by atoms with Crippen molar-refractivity contribution >= 4 is 39.8 Å². The molecular formula is C14H9Cl2FO2S. The zero-order valence-electron chi connectivity index (χ0n) is 10.1. The van der Waals surface area contributed by atoms with Gasteiger partial charge in [0.2, 0.25) is 0 Å². The largest absolute Gasteiger partial charge is 0.293 e. The molecule has 1 atom stereocenters. The van der Waals surface area contributed by atoms with Crippen molar-refractivity contribution in [1.29, 1.82) is 0 Å². The maximum absolute atomic E-state index is 13.0. The second-order valence-corrected chi connectivity index (χ2v) is 6.29. The fourth-order valence-electron chi connectivity index (χ4n) is 1.57. The van der Waals surface area contributed by atoms with Gasteiger partial charge in [0.25, 0.3) is 0 Å². The molecule has 0 aromatic heterocycles. The average Bonchev–Trinajstić information content (AvgIpc) is 2.41. The number of carbonyl (C=O) groups excluding carboxylic acids is 1. The highest BCUT2D eigenvalue weighted by molar-refractivity contribution is 7.85. The molecule has 104 valence electrons. The molecular weight excluding hydrogens is 322 g/mol. The third-order valence-corrected chi connectivity index (χ3v) is 4.39. The van der Waals surface area contributed by atoms with Gasteiger partial charge in [0, 0.05) is 15.5 Å². The van der Waals surface area contributed by atoms with Crippen LogP contribution in [0.3, 0.4) is 0 Å². The molecule has 2 aromatic carbocycles. The highest BCUT2D eigenvalue weighted by Crippen LogP contribution is 2.19. The first kappa shape index (κ1) is 15.2. The highest BCUT2D eigenvalue weighted by atomic mass is 35.5. The van der Waals surface area contributed by atoms with Gasteiger partial charge in [-0.05, 0) is 30.3 Å². The summed E-state index contributed by atoms with van der Waals surface area (Å²) in [4.78, 5) is 12.3. The summed E-state index contributed by atoms with van der Waals surface area (Å²) in [5.74, 6) is -1.10. The van der Waals surface area contributed by atoms with E-state index in [1.807, 2.05) is 0 Å². The van der Waals surface area contributed by atoms with Crippen LogP contribution >= 0.6 is 23.2 Å². The molecule has 20 heavy (non-hydrogen) atoms. The first-order valence-corrected chi connectivity index (χ1v) is 7.67. The third-order valence-electron chi connectivity index (χ3n) is 2.56.